The van der Waals surface area contributed by atoms with Gasteiger partial charge in [-0.3, -0.25) is 19.1 Å². The molecule has 15 heteroatoms. The Kier molecular flexibility index (Phi) is 10.5. The van der Waals surface area contributed by atoms with Crippen molar-refractivity contribution in [2.45, 2.75) is 115 Å². The fourth-order valence-electron chi connectivity index (χ4n) is 6.59. The number of likely N-dealkylation sites (tertiary alicyclic amines) is 1. The van der Waals surface area contributed by atoms with Crippen LogP contribution in [0.5, 0.6) is 11.6 Å². The van der Waals surface area contributed by atoms with Crippen molar-refractivity contribution in [1.82, 2.24) is 25.2 Å². The van der Waals surface area contributed by atoms with Crippen molar-refractivity contribution in [2.24, 2.45) is 11.3 Å². The van der Waals surface area contributed by atoms with Gasteiger partial charge in [0, 0.05) is 27.5 Å². The van der Waals surface area contributed by atoms with Crippen molar-refractivity contribution in [3.8, 4) is 11.6 Å². The maximum absolute atomic E-state index is 14.5. The van der Waals surface area contributed by atoms with Crippen LogP contribution in [-0.4, -0.2) is 92.0 Å². The Morgan fingerprint density at radius 1 is 1.14 bits per heavy atom. The van der Waals surface area contributed by atoms with E-state index in [1.54, 1.807) is 59.7 Å². The lowest BCUT2D eigenvalue weighted by atomic mass is 9.85. The van der Waals surface area contributed by atoms with Gasteiger partial charge in [0.25, 0.3) is 5.91 Å². The Balaban J connectivity index is 1.46. The van der Waals surface area contributed by atoms with E-state index in [1.165, 1.54) is 18.2 Å². The van der Waals surface area contributed by atoms with Crippen LogP contribution in [0.15, 0.2) is 24.4 Å². The zero-order valence-electron chi connectivity index (χ0n) is 30.6. The first-order valence-electron chi connectivity index (χ1n) is 17.3. The van der Waals surface area contributed by atoms with E-state index in [-0.39, 0.29) is 30.0 Å². The molecule has 0 spiro atoms. The quantitative estimate of drug-likeness (QED) is 0.283. The highest BCUT2D eigenvalue weighted by atomic mass is 35.5. The summed E-state index contributed by atoms with van der Waals surface area (Å²) in [5, 5.41) is 7.24. The van der Waals surface area contributed by atoms with Crippen LogP contribution in [0.25, 0.3) is 10.8 Å². The Hall–Kier alpha value is -3.78. The standard InChI is InChI=1S/C36H50ClN5O8S/c1-10-20-17-36(20,32(45)41-51(9,47)23-12-13-23)40-29(43)26-16-22(49-30-25-15-21(37)11-14-24(25)27(48-8)18-38-30)19-42(26)31(44)28(34(2,3)4)39-33(46)50-35(5,6)7/h11,14-15,18,20,22-23,26,28H,9-10,12-13,16-17,19H2,1-8H3,(H,39,46)(H,40,43)(H,41,45,47)/t20-,22-,26+,28-,36-,51?/m1/s1. The molecule has 2 aliphatic carbocycles. The number of halogens is 1. The van der Waals surface area contributed by atoms with Crippen LogP contribution in [0, 0.1) is 11.3 Å². The fraction of sp³-hybridized carbons (Fsp3) is 0.611. The van der Waals surface area contributed by atoms with E-state index in [4.69, 9.17) is 25.8 Å². The van der Waals surface area contributed by atoms with E-state index < -0.39 is 68.3 Å². The van der Waals surface area contributed by atoms with Crippen LogP contribution in [0.1, 0.15) is 80.6 Å². The van der Waals surface area contributed by atoms with E-state index in [9.17, 15) is 23.4 Å². The Labute approximate surface area is 305 Å². The minimum Gasteiger partial charge on any atom is -0.494 e. The summed E-state index contributed by atoms with van der Waals surface area (Å²) in [4.78, 5) is 61.3. The molecule has 1 saturated heterocycles. The first-order chi connectivity index (χ1) is 23.7. The topological polar surface area (TPSA) is 165 Å². The van der Waals surface area contributed by atoms with Crippen LogP contribution in [0.4, 0.5) is 4.79 Å². The summed E-state index contributed by atoms with van der Waals surface area (Å²) < 4.78 is 33.1. The minimum absolute atomic E-state index is 0.0277. The van der Waals surface area contributed by atoms with Crippen LogP contribution in [0.3, 0.4) is 0 Å². The molecule has 5 rings (SSSR count). The summed E-state index contributed by atoms with van der Waals surface area (Å²) >= 11 is 6.34. The number of pyridine rings is 1. The van der Waals surface area contributed by atoms with E-state index in [0.29, 0.717) is 34.4 Å². The first kappa shape index (κ1) is 38.5. The number of alkyl carbamates (subject to hydrolysis) is 1. The fourth-order valence-corrected chi connectivity index (χ4v) is 8.32. The van der Waals surface area contributed by atoms with Gasteiger partial charge in [-0.2, -0.15) is 0 Å². The smallest absolute Gasteiger partial charge is 0.408 e. The number of rotatable bonds is 11. The van der Waals surface area contributed by atoms with Gasteiger partial charge in [-0.1, -0.05) is 45.7 Å². The van der Waals surface area contributed by atoms with Gasteiger partial charge in [0.05, 0.1) is 29.6 Å². The van der Waals surface area contributed by atoms with Crippen molar-refractivity contribution in [2.75, 3.05) is 13.7 Å². The average Bonchev–Trinajstić information content (AvgIpc) is 3.95. The number of nitrogens with zero attached hydrogens (tertiary/aromatic N) is 2. The number of ether oxygens (including phenoxy) is 3. The van der Waals surface area contributed by atoms with Gasteiger partial charge >= 0.3 is 6.09 Å². The Morgan fingerprint density at radius 2 is 1.82 bits per heavy atom. The number of hydrogen-bond acceptors (Lipinski definition) is 9. The van der Waals surface area contributed by atoms with Crippen LogP contribution >= 0.6 is 11.6 Å². The van der Waals surface area contributed by atoms with Crippen LogP contribution in [-0.2, 0) is 28.8 Å². The summed E-state index contributed by atoms with van der Waals surface area (Å²) in [7, 11) is -1.34. The molecular formula is C36H50ClN5O8S. The monoisotopic (exact) mass is 747 g/mol. The molecule has 4 amide bonds. The lowest BCUT2D eigenvalue weighted by Gasteiger charge is -2.36. The number of hydrogen-bond donors (Lipinski definition) is 3. The molecule has 6 atom stereocenters. The highest BCUT2D eigenvalue weighted by Crippen LogP contribution is 2.47. The van der Waals surface area contributed by atoms with Gasteiger partial charge in [-0.05, 0) is 75.4 Å². The normalized spacial score (nSPS) is 25.0. The lowest BCUT2D eigenvalue weighted by Crippen LogP contribution is -2.60. The second kappa shape index (κ2) is 14.0. The second-order valence-electron chi connectivity index (χ2n) is 15.9. The molecule has 1 aromatic carbocycles. The van der Waals surface area contributed by atoms with Crippen molar-refractivity contribution in [3.05, 3.63) is 29.4 Å². The Bertz CT molecular complexity index is 1820. The number of carbonyl (C=O) groups excluding carboxylic acids is 4. The summed E-state index contributed by atoms with van der Waals surface area (Å²) in [5.74, 6) is 2.71. The van der Waals surface area contributed by atoms with Gasteiger partial charge in [-0.25, -0.2) is 14.0 Å². The van der Waals surface area contributed by atoms with Gasteiger partial charge in [0.15, 0.2) is 0 Å². The molecule has 1 unspecified atom stereocenters. The lowest BCUT2D eigenvalue weighted by molar-refractivity contribution is -0.143. The number of fused-ring (bicyclic) bond motifs is 1. The molecule has 280 valence electrons. The van der Waals surface area contributed by atoms with Crippen molar-refractivity contribution in [1.29, 1.82) is 0 Å². The predicted molar refractivity (Wildman–Crippen MR) is 196 cm³/mol. The molecule has 0 radical (unpaired) electrons. The van der Waals surface area contributed by atoms with E-state index in [0.717, 1.165) is 12.8 Å². The molecular weight excluding hydrogens is 698 g/mol. The molecule has 2 saturated carbocycles. The average molecular weight is 748 g/mol. The van der Waals surface area contributed by atoms with Crippen molar-refractivity contribution in [3.63, 3.8) is 0 Å². The van der Waals surface area contributed by atoms with Gasteiger partial charge in [-0.15, -0.1) is 0 Å². The van der Waals surface area contributed by atoms with Gasteiger partial charge in [0.2, 0.25) is 17.7 Å². The number of benzene rings is 1. The van der Waals surface area contributed by atoms with Crippen molar-refractivity contribution >= 4 is 61.8 Å². The Morgan fingerprint density at radius 3 is 2.39 bits per heavy atom. The second-order valence-corrected chi connectivity index (χ2v) is 18.6. The molecule has 3 N–H and O–H groups in total. The summed E-state index contributed by atoms with van der Waals surface area (Å²) in [6, 6.07) is 3.04. The molecule has 1 aromatic heterocycles. The molecule has 51 heavy (non-hydrogen) atoms. The van der Waals surface area contributed by atoms with Gasteiger partial charge < -0.3 is 29.7 Å². The molecule has 3 aliphatic rings. The third-order valence-corrected chi connectivity index (χ3v) is 11.9. The maximum Gasteiger partial charge on any atom is 0.408 e. The van der Waals surface area contributed by atoms with Crippen LogP contribution in [0.2, 0.25) is 5.02 Å². The minimum atomic E-state index is -2.87. The molecule has 13 nitrogen and oxygen atoms in total. The highest BCUT2D eigenvalue weighted by Gasteiger charge is 2.62. The molecule has 2 aromatic rings. The van der Waals surface area contributed by atoms with E-state index in [2.05, 4.69) is 26.2 Å². The van der Waals surface area contributed by atoms with E-state index >= 15 is 0 Å². The number of methoxy groups -OCH3 is 1. The number of nitrogens with one attached hydrogen (secondary N) is 3. The molecule has 1 aliphatic heterocycles. The number of aromatic nitrogens is 1. The first-order valence-corrected chi connectivity index (χ1v) is 19.4. The number of carbonyl (C=O) groups is 4. The largest absolute Gasteiger partial charge is 0.494 e. The summed E-state index contributed by atoms with van der Waals surface area (Å²) in [6.45, 7) is 12.5. The molecule has 2 heterocycles. The molecule has 3 fully saturated rings. The van der Waals surface area contributed by atoms with Gasteiger partial charge in [0.1, 0.15) is 35.1 Å². The highest BCUT2D eigenvalue weighted by molar-refractivity contribution is 7.99. The van der Waals surface area contributed by atoms with Crippen LogP contribution < -0.4 is 24.8 Å². The predicted octanol–water partition coefficient (Wildman–Crippen LogP) is 4.38. The zero-order chi connectivity index (χ0) is 37.7. The number of amides is 4. The van der Waals surface area contributed by atoms with Crippen molar-refractivity contribution < 1.29 is 37.6 Å². The third kappa shape index (κ3) is 8.48. The third-order valence-electron chi connectivity index (χ3n) is 9.57. The SMILES string of the molecule is C=S(=O)(NC(=O)[C@@]1(NC(=O)[C@@H]2C[C@@H](Oc3ncc(OC)c4ccc(Cl)cc34)CN2C(=O)[C@@H](NC(=O)OC(C)(C)C)C(C)(C)C)C[C@H]1CC)C1CC1. The van der Waals surface area contributed by atoms with E-state index in [1.807, 2.05) is 6.92 Å². The maximum atomic E-state index is 14.5. The molecule has 0 bridgehead atoms. The summed E-state index contributed by atoms with van der Waals surface area (Å²) in [5.41, 5.74) is -2.90. The zero-order valence-corrected chi connectivity index (χ0v) is 32.2. The summed E-state index contributed by atoms with van der Waals surface area (Å²) in [6.07, 6.45) is 2.48.